The third-order valence-electron chi connectivity index (χ3n) is 4.77. The number of thiazole rings is 1. The van der Waals surface area contributed by atoms with E-state index in [0.717, 1.165) is 5.56 Å². The van der Waals surface area contributed by atoms with Gasteiger partial charge in [-0.3, -0.25) is 0 Å². The average molecular weight is 351 g/mol. The summed E-state index contributed by atoms with van der Waals surface area (Å²) in [5.74, 6) is 1.25. The van der Waals surface area contributed by atoms with Gasteiger partial charge in [0.25, 0.3) is 0 Å². The second-order valence-electron chi connectivity index (χ2n) is 7.15. The number of rotatable bonds is 4. The number of benzene rings is 1. The predicted molar refractivity (Wildman–Crippen MR) is 93.3 cm³/mol. The molecule has 1 saturated carbocycles. The van der Waals surface area contributed by atoms with Gasteiger partial charge in [-0.2, -0.15) is 0 Å². The SMILES string of the molecule is CC(C)c1cnc([C@H]2[C@H](c3ccc(S(N)(=O)=O)cc3)C2(C)C)s1. The van der Waals surface area contributed by atoms with Crippen molar-refractivity contribution >= 4 is 21.4 Å². The Kier molecular flexibility index (Phi) is 3.90. The van der Waals surface area contributed by atoms with Crippen molar-refractivity contribution in [2.75, 3.05) is 0 Å². The lowest BCUT2D eigenvalue weighted by Gasteiger charge is -2.04. The Balaban J connectivity index is 1.88. The summed E-state index contributed by atoms with van der Waals surface area (Å²) in [5, 5.41) is 6.34. The Morgan fingerprint density at radius 3 is 2.26 bits per heavy atom. The molecule has 1 fully saturated rings. The number of primary sulfonamides is 1. The number of hydrogen-bond acceptors (Lipinski definition) is 4. The molecule has 124 valence electrons. The van der Waals surface area contributed by atoms with E-state index in [0.29, 0.717) is 17.8 Å². The smallest absolute Gasteiger partial charge is 0.238 e. The number of hydrogen-bond donors (Lipinski definition) is 1. The first-order valence-electron chi connectivity index (χ1n) is 7.70. The number of sulfonamides is 1. The van der Waals surface area contributed by atoms with Crippen LogP contribution in [0.15, 0.2) is 35.4 Å². The van der Waals surface area contributed by atoms with Crippen LogP contribution in [0.3, 0.4) is 0 Å². The fourth-order valence-electron chi connectivity index (χ4n) is 3.30. The number of nitrogens with two attached hydrogens (primary N) is 1. The van der Waals surface area contributed by atoms with Crippen LogP contribution in [0.1, 0.15) is 60.9 Å². The predicted octanol–water partition coefficient (Wildman–Crippen LogP) is 3.82. The molecule has 2 aromatic rings. The molecule has 0 unspecified atom stereocenters. The van der Waals surface area contributed by atoms with Gasteiger partial charge in [0.1, 0.15) is 0 Å². The summed E-state index contributed by atoms with van der Waals surface area (Å²) in [5.41, 5.74) is 1.28. The van der Waals surface area contributed by atoms with E-state index in [2.05, 4.69) is 32.7 Å². The first-order valence-corrected chi connectivity index (χ1v) is 10.1. The highest BCUT2D eigenvalue weighted by Crippen LogP contribution is 2.70. The van der Waals surface area contributed by atoms with E-state index in [1.807, 2.05) is 18.3 Å². The second kappa shape index (κ2) is 5.40. The molecule has 1 aliphatic rings. The fourth-order valence-corrected chi connectivity index (χ4v) is 5.07. The number of nitrogens with zero attached hydrogens (tertiary/aromatic N) is 1. The lowest BCUT2D eigenvalue weighted by atomic mass is 10.0. The zero-order valence-corrected chi connectivity index (χ0v) is 15.4. The van der Waals surface area contributed by atoms with Gasteiger partial charge in [0.2, 0.25) is 10.0 Å². The quantitative estimate of drug-likeness (QED) is 0.911. The van der Waals surface area contributed by atoms with Crippen molar-refractivity contribution in [2.45, 2.75) is 50.3 Å². The van der Waals surface area contributed by atoms with Crippen molar-refractivity contribution in [2.24, 2.45) is 10.6 Å². The molecule has 23 heavy (non-hydrogen) atoms. The van der Waals surface area contributed by atoms with Crippen LogP contribution >= 0.6 is 11.3 Å². The van der Waals surface area contributed by atoms with Crippen LogP contribution in [0.4, 0.5) is 0 Å². The summed E-state index contributed by atoms with van der Waals surface area (Å²) < 4.78 is 22.8. The Hall–Kier alpha value is -1.24. The summed E-state index contributed by atoms with van der Waals surface area (Å²) >= 11 is 1.79. The van der Waals surface area contributed by atoms with Crippen LogP contribution in [0.2, 0.25) is 0 Å². The Labute approximate surface area is 141 Å². The highest BCUT2D eigenvalue weighted by atomic mass is 32.2. The van der Waals surface area contributed by atoms with Gasteiger partial charge in [-0.1, -0.05) is 39.8 Å². The van der Waals surface area contributed by atoms with Crippen molar-refractivity contribution in [3.05, 3.63) is 45.9 Å². The third-order valence-corrected chi connectivity index (χ3v) is 7.08. The molecule has 1 aromatic carbocycles. The monoisotopic (exact) mass is 350 g/mol. The van der Waals surface area contributed by atoms with Gasteiger partial charge in [-0.05, 0) is 34.9 Å². The molecule has 0 spiro atoms. The van der Waals surface area contributed by atoms with Gasteiger partial charge in [0.05, 0.1) is 9.90 Å². The molecule has 4 nitrogen and oxygen atoms in total. The minimum Gasteiger partial charge on any atom is -0.249 e. The molecule has 1 aromatic heterocycles. The van der Waals surface area contributed by atoms with Gasteiger partial charge in [0.15, 0.2) is 0 Å². The molecule has 1 heterocycles. The molecule has 2 N–H and O–H groups in total. The lowest BCUT2D eigenvalue weighted by molar-refractivity contribution is 0.597. The minimum atomic E-state index is -3.64. The highest BCUT2D eigenvalue weighted by molar-refractivity contribution is 7.89. The van der Waals surface area contributed by atoms with E-state index in [-0.39, 0.29) is 10.3 Å². The Morgan fingerprint density at radius 2 is 1.78 bits per heavy atom. The summed E-state index contributed by atoms with van der Waals surface area (Å²) in [6, 6.07) is 6.95. The average Bonchev–Trinajstić information content (AvgIpc) is 2.84. The molecule has 1 aliphatic carbocycles. The summed E-state index contributed by atoms with van der Waals surface area (Å²) in [4.78, 5) is 6.10. The largest absolute Gasteiger partial charge is 0.249 e. The van der Waals surface area contributed by atoms with Crippen LogP contribution in [0, 0.1) is 5.41 Å². The Bertz CT molecular complexity index is 821. The first kappa shape index (κ1) is 16.6. The van der Waals surface area contributed by atoms with Crippen LogP contribution in [-0.2, 0) is 10.0 Å². The molecule has 0 amide bonds. The maximum Gasteiger partial charge on any atom is 0.238 e. The van der Waals surface area contributed by atoms with E-state index in [4.69, 9.17) is 5.14 Å². The maximum absolute atomic E-state index is 11.4. The molecular weight excluding hydrogens is 328 g/mol. The van der Waals surface area contributed by atoms with E-state index >= 15 is 0 Å². The normalized spacial score (nSPS) is 23.2. The molecule has 0 bridgehead atoms. The van der Waals surface area contributed by atoms with Crippen LogP contribution in [-0.4, -0.2) is 13.4 Å². The van der Waals surface area contributed by atoms with E-state index in [1.54, 1.807) is 23.5 Å². The van der Waals surface area contributed by atoms with Crippen molar-refractivity contribution in [1.82, 2.24) is 4.98 Å². The van der Waals surface area contributed by atoms with Gasteiger partial charge in [-0.15, -0.1) is 11.3 Å². The molecule has 0 radical (unpaired) electrons. The lowest BCUT2D eigenvalue weighted by Crippen LogP contribution is -2.11. The van der Waals surface area contributed by atoms with Crippen LogP contribution in [0.5, 0.6) is 0 Å². The highest BCUT2D eigenvalue weighted by Gasteiger charge is 2.60. The molecule has 0 aliphatic heterocycles. The van der Waals surface area contributed by atoms with Crippen molar-refractivity contribution < 1.29 is 8.42 Å². The van der Waals surface area contributed by atoms with E-state index < -0.39 is 10.0 Å². The Morgan fingerprint density at radius 1 is 1.17 bits per heavy atom. The topological polar surface area (TPSA) is 73.0 Å². The standard InChI is InChI=1S/C17H22N2O2S2/c1-10(2)13-9-19-16(22-13)15-14(17(15,3)4)11-5-7-12(8-6-11)23(18,20)21/h5-10,14-15H,1-4H3,(H2,18,20,21)/t14-,15+/m0/s1. The van der Waals surface area contributed by atoms with Crippen molar-refractivity contribution in [3.63, 3.8) is 0 Å². The zero-order chi connectivity index (χ0) is 17.0. The van der Waals surface area contributed by atoms with Crippen molar-refractivity contribution in [1.29, 1.82) is 0 Å². The van der Waals surface area contributed by atoms with Crippen LogP contribution in [0.25, 0.3) is 0 Å². The third kappa shape index (κ3) is 2.95. The van der Waals surface area contributed by atoms with Gasteiger partial charge < -0.3 is 0 Å². The summed E-state index contributed by atoms with van der Waals surface area (Å²) in [6.45, 7) is 8.84. The van der Waals surface area contributed by atoms with E-state index in [1.165, 1.54) is 9.88 Å². The first-order chi connectivity index (χ1) is 10.6. The summed E-state index contributed by atoms with van der Waals surface area (Å²) in [7, 11) is -3.64. The van der Waals surface area contributed by atoms with Gasteiger partial charge in [-0.25, -0.2) is 18.5 Å². The molecular formula is C17H22N2O2S2. The van der Waals surface area contributed by atoms with Crippen molar-refractivity contribution in [3.8, 4) is 0 Å². The molecule has 6 heteroatoms. The molecule has 2 atom stereocenters. The minimum absolute atomic E-state index is 0.134. The fraction of sp³-hybridized carbons (Fsp3) is 0.471. The van der Waals surface area contributed by atoms with E-state index in [9.17, 15) is 8.42 Å². The summed E-state index contributed by atoms with van der Waals surface area (Å²) in [6.07, 6.45) is 1.99. The zero-order valence-electron chi connectivity index (χ0n) is 13.8. The molecule has 0 saturated heterocycles. The number of aromatic nitrogens is 1. The van der Waals surface area contributed by atoms with Gasteiger partial charge in [0, 0.05) is 17.0 Å². The maximum atomic E-state index is 11.4. The molecule has 3 rings (SSSR count). The van der Waals surface area contributed by atoms with Gasteiger partial charge >= 0.3 is 0 Å². The van der Waals surface area contributed by atoms with Crippen LogP contribution < -0.4 is 5.14 Å². The second-order valence-corrected chi connectivity index (χ2v) is 9.80.